The molecule has 2 N–H and O–H groups in total. The van der Waals surface area contributed by atoms with Crippen molar-refractivity contribution in [3.05, 3.63) is 59.7 Å². The van der Waals surface area contributed by atoms with Gasteiger partial charge < -0.3 is 14.2 Å². The van der Waals surface area contributed by atoms with Gasteiger partial charge in [-0.25, -0.2) is 0 Å². The third kappa shape index (κ3) is 6.07. The summed E-state index contributed by atoms with van der Waals surface area (Å²) >= 11 is 0. The number of hydrazine groups is 1. The second-order valence-electron chi connectivity index (χ2n) is 5.40. The average Bonchev–Trinajstić information content (AvgIpc) is 2.74. The van der Waals surface area contributed by atoms with Gasteiger partial charge in [0.2, 0.25) is 0 Å². The number of hydrogen-bond acceptors (Lipinski definition) is 6. The minimum absolute atomic E-state index is 0.289. The Labute approximate surface area is 162 Å². The van der Waals surface area contributed by atoms with E-state index in [1.54, 1.807) is 55.7 Å². The smallest absolute Gasteiger partial charge is 0.276 e. The standard InChI is InChI=1S/C20H19N3O5/c1-26-17-9-5-15(18(11-17)27-2)6-10-19(24)22-23-20(25)13-28-16-7-3-14(12-21)4-8-16/h3-11H,13H2,1-2H3,(H,22,24)(H,23,25)/b10-6+. The lowest BCUT2D eigenvalue weighted by molar-refractivity contribution is -0.128. The maximum atomic E-state index is 11.8. The van der Waals surface area contributed by atoms with Crippen LogP contribution in [0.2, 0.25) is 0 Å². The molecule has 0 aliphatic carbocycles. The molecule has 2 aromatic carbocycles. The molecule has 0 aliphatic heterocycles. The Morgan fingerprint density at radius 1 is 1.04 bits per heavy atom. The van der Waals surface area contributed by atoms with Crippen LogP contribution in [0.1, 0.15) is 11.1 Å². The number of nitrogens with one attached hydrogen (secondary N) is 2. The third-order valence-electron chi connectivity index (χ3n) is 3.53. The first-order valence-corrected chi connectivity index (χ1v) is 8.17. The van der Waals surface area contributed by atoms with Crippen molar-refractivity contribution in [3.63, 3.8) is 0 Å². The molecule has 0 fully saturated rings. The number of carbonyl (C=O) groups excluding carboxylic acids is 2. The molecule has 0 radical (unpaired) electrons. The highest BCUT2D eigenvalue weighted by Crippen LogP contribution is 2.25. The molecule has 0 aliphatic rings. The fourth-order valence-corrected chi connectivity index (χ4v) is 2.11. The van der Waals surface area contributed by atoms with Crippen molar-refractivity contribution in [2.24, 2.45) is 0 Å². The van der Waals surface area contributed by atoms with Gasteiger partial charge in [0.1, 0.15) is 17.2 Å². The van der Waals surface area contributed by atoms with Crippen LogP contribution >= 0.6 is 0 Å². The Morgan fingerprint density at radius 3 is 2.39 bits per heavy atom. The zero-order valence-electron chi connectivity index (χ0n) is 15.4. The summed E-state index contributed by atoms with van der Waals surface area (Å²) < 4.78 is 15.6. The van der Waals surface area contributed by atoms with Gasteiger partial charge >= 0.3 is 0 Å². The van der Waals surface area contributed by atoms with Crippen LogP contribution in [-0.4, -0.2) is 32.6 Å². The van der Waals surface area contributed by atoms with Crippen LogP contribution in [0.25, 0.3) is 6.08 Å². The van der Waals surface area contributed by atoms with Crippen LogP contribution in [0, 0.1) is 11.3 Å². The fraction of sp³-hybridized carbons (Fsp3) is 0.150. The van der Waals surface area contributed by atoms with Gasteiger partial charge in [-0.1, -0.05) is 0 Å². The zero-order valence-corrected chi connectivity index (χ0v) is 15.4. The van der Waals surface area contributed by atoms with Gasteiger partial charge in [0, 0.05) is 17.7 Å². The van der Waals surface area contributed by atoms with E-state index >= 15 is 0 Å². The van der Waals surface area contributed by atoms with Crippen molar-refractivity contribution in [1.82, 2.24) is 10.9 Å². The van der Waals surface area contributed by atoms with Crippen molar-refractivity contribution < 1.29 is 23.8 Å². The number of hydrogen-bond donors (Lipinski definition) is 2. The van der Waals surface area contributed by atoms with Crippen molar-refractivity contribution >= 4 is 17.9 Å². The molecule has 0 heterocycles. The lowest BCUT2D eigenvalue weighted by Gasteiger charge is -2.08. The van der Waals surface area contributed by atoms with Gasteiger partial charge in [-0.3, -0.25) is 20.4 Å². The third-order valence-corrected chi connectivity index (χ3v) is 3.53. The SMILES string of the molecule is COc1ccc(/C=C/C(=O)NNC(=O)COc2ccc(C#N)cc2)c(OC)c1. The van der Waals surface area contributed by atoms with E-state index in [1.807, 2.05) is 6.07 Å². The van der Waals surface area contributed by atoms with Gasteiger partial charge in [-0.05, 0) is 42.5 Å². The van der Waals surface area contributed by atoms with Crippen LogP contribution < -0.4 is 25.1 Å². The van der Waals surface area contributed by atoms with Crippen molar-refractivity contribution in [2.45, 2.75) is 0 Å². The van der Waals surface area contributed by atoms with Gasteiger partial charge in [0.25, 0.3) is 11.8 Å². The van der Waals surface area contributed by atoms with Gasteiger partial charge in [-0.2, -0.15) is 5.26 Å². The van der Waals surface area contributed by atoms with E-state index < -0.39 is 11.8 Å². The fourth-order valence-electron chi connectivity index (χ4n) is 2.11. The summed E-state index contributed by atoms with van der Waals surface area (Å²) in [4.78, 5) is 23.6. The number of nitrogens with zero attached hydrogens (tertiary/aromatic N) is 1. The Morgan fingerprint density at radius 2 is 1.75 bits per heavy atom. The number of amides is 2. The largest absolute Gasteiger partial charge is 0.497 e. The summed E-state index contributed by atoms with van der Waals surface area (Å²) in [6.07, 6.45) is 2.80. The minimum Gasteiger partial charge on any atom is -0.497 e. The van der Waals surface area contributed by atoms with Crippen LogP contribution in [-0.2, 0) is 9.59 Å². The predicted octanol–water partition coefficient (Wildman–Crippen LogP) is 1.82. The molecule has 0 bridgehead atoms. The molecule has 0 atom stereocenters. The molecule has 0 saturated heterocycles. The Bertz CT molecular complexity index is 901. The summed E-state index contributed by atoms with van der Waals surface area (Å²) in [5.74, 6) is 0.556. The van der Waals surface area contributed by atoms with Gasteiger partial charge in [0.15, 0.2) is 6.61 Å². The highest BCUT2D eigenvalue weighted by molar-refractivity contribution is 5.93. The second-order valence-corrected chi connectivity index (χ2v) is 5.40. The van der Waals surface area contributed by atoms with Crippen LogP contribution in [0.4, 0.5) is 0 Å². The number of carbonyl (C=O) groups is 2. The second kappa shape index (κ2) is 10.2. The Kier molecular flexibility index (Phi) is 7.43. The number of benzene rings is 2. The molecule has 8 nitrogen and oxygen atoms in total. The first-order chi connectivity index (χ1) is 13.5. The van der Waals surface area contributed by atoms with E-state index in [4.69, 9.17) is 19.5 Å². The van der Waals surface area contributed by atoms with E-state index in [9.17, 15) is 9.59 Å². The molecule has 28 heavy (non-hydrogen) atoms. The molecule has 0 saturated carbocycles. The highest BCUT2D eigenvalue weighted by atomic mass is 16.5. The zero-order chi connectivity index (χ0) is 20.4. The molecule has 144 valence electrons. The summed E-state index contributed by atoms with van der Waals surface area (Å²) in [7, 11) is 3.06. The number of rotatable bonds is 7. The van der Waals surface area contributed by atoms with Crippen LogP contribution in [0.5, 0.6) is 17.2 Å². The Hall–Kier alpha value is -3.99. The maximum Gasteiger partial charge on any atom is 0.276 e. The minimum atomic E-state index is -0.534. The first kappa shape index (κ1) is 20.3. The molecule has 2 rings (SSSR count). The number of ether oxygens (including phenoxy) is 3. The average molecular weight is 381 g/mol. The molecule has 2 aromatic rings. The van der Waals surface area contributed by atoms with E-state index in [-0.39, 0.29) is 6.61 Å². The van der Waals surface area contributed by atoms with E-state index in [0.29, 0.717) is 28.4 Å². The number of nitriles is 1. The Balaban J connectivity index is 1.80. The van der Waals surface area contributed by atoms with Crippen LogP contribution in [0.15, 0.2) is 48.5 Å². The maximum absolute atomic E-state index is 11.8. The summed E-state index contributed by atoms with van der Waals surface area (Å²) in [5.41, 5.74) is 5.66. The first-order valence-electron chi connectivity index (χ1n) is 8.17. The predicted molar refractivity (Wildman–Crippen MR) is 102 cm³/mol. The molecule has 0 unspecified atom stereocenters. The molecule has 8 heteroatoms. The lowest BCUT2D eigenvalue weighted by atomic mass is 10.1. The summed E-state index contributed by atoms with van der Waals surface area (Å²) in [6, 6.07) is 13.5. The van der Waals surface area contributed by atoms with Crippen molar-refractivity contribution in [1.29, 1.82) is 5.26 Å². The highest BCUT2D eigenvalue weighted by Gasteiger charge is 2.05. The molecule has 0 spiro atoms. The molecule has 0 aromatic heterocycles. The normalized spacial score (nSPS) is 10.0. The lowest BCUT2D eigenvalue weighted by Crippen LogP contribution is -2.43. The van der Waals surface area contributed by atoms with Gasteiger partial charge in [-0.15, -0.1) is 0 Å². The van der Waals surface area contributed by atoms with E-state index in [0.717, 1.165) is 0 Å². The molecule has 2 amide bonds. The monoisotopic (exact) mass is 381 g/mol. The van der Waals surface area contributed by atoms with Gasteiger partial charge in [0.05, 0.1) is 25.9 Å². The molecular formula is C20H19N3O5. The van der Waals surface area contributed by atoms with Crippen LogP contribution in [0.3, 0.4) is 0 Å². The van der Waals surface area contributed by atoms with Crippen molar-refractivity contribution in [3.8, 4) is 23.3 Å². The van der Waals surface area contributed by atoms with E-state index in [1.165, 1.54) is 13.2 Å². The summed E-state index contributed by atoms with van der Waals surface area (Å²) in [5, 5.41) is 8.72. The molecular weight excluding hydrogens is 362 g/mol. The topological polar surface area (TPSA) is 110 Å². The quantitative estimate of drug-likeness (QED) is 0.559. The number of methoxy groups -OCH3 is 2. The summed E-state index contributed by atoms with van der Waals surface area (Å²) in [6.45, 7) is -0.289. The van der Waals surface area contributed by atoms with E-state index in [2.05, 4.69) is 10.9 Å². The van der Waals surface area contributed by atoms with Crippen molar-refractivity contribution in [2.75, 3.05) is 20.8 Å².